The second-order valence-corrected chi connectivity index (χ2v) is 11.1. The average Bonchev–Trinajstić information content (AvgIpc) is 3.46. The van der Waals surface area contributed by atoms with Crippen LogP contribution in [0.2, 0.25) is 0 Å². The van der Waals surface area contributed by atoms with Gasteiger partial charge >= 0.3 is 5.97 Å². The summed E-state index contributed by atoms with van der Waals surface area (Å²) in [5.74, 6) is 0.798. The summed E-state index contributed by atoms with van der Waals surface area (Å²) >= 11 is 0. The number of rotatable bonds is 12. The minimum Gasteiger partial charge on any atom is -0.465 e. The number of methoxy groups -OCH3 is 1. The first kappa shape index (κ1) is 28.5. The molecule has 2 aliphatic heterocycles. The van der Waals surface area contributed by atoms with Crippen molar-refractivity contribution >= 4 is 5.97 Å². The van der Waals surface area contributed by atoms with Crippen LogP contribution in [0.5, 0.6) is 0 Å². The Balaban J connectivity index is 1.49. The molecule has 1 saturated carbocycles. The van der Waals surface area contributed by atoms with Crippen molar-refractivity contribution in [1.29, 1.82) is 0 Å². The van der Waals surface area contributed by atoms with Crippen LogP contribution >= 0.6 is 0 Å². The molecule has 0 bridgehead atoms. The predicted molar refractivity (Wildman–Crippen MR) is 144 cm³/mol. The summed E-state index contributed by atoms with van der Waals surface area (Å²) in [6.45, 7) is 5.73. The molecule has 6 heteroatoms. The summed E-state index contributed by atoms with van der Waals surface area (Å²) in [5.41, 5.74) is 1.81. The first-order valence-electron chi connectivity index (χ1n) is 14.8. The summed E-state index contributed by atoms with van der Waals surface area (Å²) in [6, 6.07) is 0. The number of allylic oxidation sites excluding steroid dienone is 2. The molecule has 2 aliphatic carbocycles. The van der Waals surface area contributed by atoms with Gasteiger partial charge in [0.1, 0.15) is 0 Å². The van der Waals surface area contributed by atoms with Crippen LogP contribution in [0.25, 0.3) is 0 Å². The number of hydrogen-bond donors (Lipinski definition) is 0. The molecule has 208 valence electrons. The zero-order valence-electron chi connectivity index (χ0n) is 23.2. The number of esters is 1. The van der Waals surface area contributed by atoms with E-state index in [0.29, 0.717) is 17.4 Å². The third kappa shape index (κ3) is 7.78. The topological polar surface area (TPSA) is 63.2 Å². The van der Waals surface area contributed by atoms with Gasteiger partial charge in [0, 0.05) is 19.1 Å². The Kier molecular flexibility index (Phi) is 11.3. The van der Waals surface area contributed by atoms with E-state index >= 15 is 0 Å². The summed E-state index contributed by atoms with van der Waals surface area (Å²) in [7, 11) is 1.45. The lowest BCUT2D eigenvalue weighted by atomic mass is 9.88. The van der Waals surface area contributed by atoms with Crippen LogP contribution in [0.4, 0.5) is 0 Å². The third-order valence-electron chi connectivity index (χ3n) is 8.46. The highest BCUT2D eigenvalue weighted by molar-refractivity contribution is 5.93. The Morgan fingerprint density at radius 3 is 2.51 bits per heavy atom. The lowest BCUT2D eigenvalue weighted by molar-refractivity contribution is -0.193. The van der Waals surface area contributed by atoms with Gasteiger partial charge in [0.2, 0.25) is 0 Å². The van der Waals surface area contributed by atoms with Crippen molar-refractivity contribution < 1.29 is 28.5 Å². The Labute approximate surface area is 223 Å². The molecule has 0 N–H and O–H groups in total. The van der Waals surface area contributed by atoms with Crippen molar-refractivity contribution in [2.24, 2.45) is 17.8 Å². The van der Waals surface area contributed by atoms with Gasteiger partial charge in [-0.1, -0.05) is 50.5 Å². The zero-order valence-corrected chi connectivity index (χ0v) is 23.2. The number of hydrogen-bond acceptors (Lipinski definition) is 6. The molecular formula is C31H48O6. The number of carbonyl (C=O) groups excluding carboxylic acids is 1. The van der Waals surface area contributed by atoms with Crippen LogP contribution in [0, 0.1) is 17.8 Å². The largest absolute Gasteiger partial charge is 0.465 e. The van der Waals surface area contributed by atoms with E-state index in [2.05, 4.69) is 25.2 Å². The van der Waals surface area contributed by atoms with Crippen molar-refractivity contribution in [2.45, 2.75) is 116 Å². The van der Waals surface area contributed by atoms with Crippen molar-refractivity contribution in [1.82, 2.24) is 0 Å². The van der Waals surface area contributed by atoms with Crippen LogP contribution in [0.1, 0.15) is 90.9 Å². The first-order valence-corrected chi connectivity index (χ1v) is 14.8. The molecule has 2 saturated heterocycles. The van der Waals surface area contributed by atoms with E-state index in [1.54, 1.807) is 0 Å². The molecule has 7 atom stereocenters. The molecule has 6 nitrogen and oxygen atoms in total. The fraction of sp³-hybridized carbons (Fsp3) is 0.774. The maximum atomic E-state index is 12.4. The molecule has 0 radical (unpaired) electrons. The second kappa shape index (κ2) is 14.6. The van der Waals surface area contributed by atoms with Gasteiger partial charge < -0.3 is 23.7 Å². The highest BCUT2D eigenvalue weighted by atomic mass is 16.7. The average molecular weight is 517 g/mol. The molecule has 0 aromatic carbocycles. The summed E-state index contributed by atoms with van der Waals surface area (Å²) in [4.78, 5) is 12.4. The normalized spacial score (nSPS) is 33.4. The number of ether oxygens (including phenoxy) is 5. The van der Waals surface area contributed by atoms with E-state index in [1.165, 1.54) is 26.4 Å². The molecule has 0 aromatic heterocycles. The lowest BCUT2D eigenvalue weighted by Gasteiger charge is -2.30. The highest BCUT2D eigenvalue weighted by Gasteiger charge is 2.46. The van der Waals surface area contributed by atoms with Crippen molar-refractivity contribution in [3.05, 3.63) is 35.5 Å². The van der Waals surface area contributed by atoms with Gasteiger partial charge in [0.15, 0.2) is 12.6 Å². The molecule has 0 aromatic rings. The van der Waals surface area contributed by atoms with Gasteiger partial charge in [-0.25, -0.2) is 4.79 Å². The molecule has 37 heavy (non-hydrogen) atoms. The molecule has 0 spiro atoms. The minimum absolute atomic E-state index is 0.0512. The van der Waals surface area contributed by atoms with Gasteiger partial charge in [0.05, 0.1) is 24.9 Å². The summed E-state index contributed by atoms with van der Waals surface area (Å²) in [6.07, 6.45) is 21.7. The number of fused-ring (bicyclic) bond motifs is 1. The summed E-state index contributed by atoms with van der Waals surface area (Å²) < 4.78 is 30.0. The van der Waals surface area contributed by atoms with Crippen LogP contribution < -0.4 is 0 Å². The number of unbranched alkanes of at least 4 members (excludes halogenated alkanes) is 2. The van der Waals surface area contributed by atoms with Crippen molar-refractivity contribution in [2.75, 3.05) is 20.3 Å². The Morgan fingerprint density at radius 2 is 1.86 bits per heavy atom. The Bertz CT molecular complexity index is 805. The number of carbonyl (C=O) groups is 1. The van der Waals surface area contributed by atoms with E-state index in [9.17, 15) is 4.79 Å². The van der Waals surface area contributed by atoms with Crippen LogP contribution in [-0.4, -0.2) is 51.1 Å². The first-order chi connectivity index (χ1) is 18.1. The second-order valence-electron chi connectivity index (χ2n) is 11.1. The molecular weight excluding hydrogens is 468 g/mol. The zero-order chi connectivity index (χ0) is 26.0. The standard InChI is InChI=1S/C31H48O6/c1-4-6-7-12-24(36-29-13-8-10-17-34-29)15-16-26-27-20-22(25(5-2)31(32)33-3)19-23(27)21-28(26)37-30-14-9-11-18-35-30/h5,15-16,19,23-24,26-30H,4,6-14,17-18,20-21H2,1-3H3. The smallest absolute Gasteiger partial charge is 0.337 e. The van der Waals surface area contributed by atoms with Gasteiger partial charge in [-0.2, -0.15) is 0 Å². The van der Waals surface area contributed by atoms with Gasteiger partial charge in [-0.15, -0.1) is 0 Å². The fourth-order valence-electron chi connectivity index (χ4n) is 6.46. The predicted octanol–water partition coefficient (Wildman–Crippen LogP) is 6.65. The van der Waals surface area contributed by atoms with E-state index in [-0.39, 0.29) is 36.7 Å². The molecule has 3 fully saturated rings. The van der Waals surface area contributed by atoms with Crippen LogP contribution in [0.15, 0.2) is 35.5 Å². The van der Waals surface area contributed by atoms with Gasteiger partial charge in [-0.05, 0) is 82.1 Å². The summed E-state index contributed by atoms with van der Waals surface area (Å²) in [5, 5.41) is 0. The van der Waals surface area contributed by atoms with Crippen molar-refractivity contribution in [3.63, 3.8) is 0 Å². The third-order valence-corrected chi connectivity index (χ3v) is 8.46. The molecule has 2 heterocycles. The fourth-order valence-corrected chi connectivity index (χ4v) is 6.46. The molecule has 4 rings (SSSR count). The Hall–Kier alpha value is -1.47. The monoisotopic (exact) mass is 516 g/mol. The van der Waals surface area contributed by atoms with Crippen LogP contribution in [-0.2, 0) is 28.5 Å². The minimum atomic E-state index is -0.249. The van der Waals surface area contributed by atoms with E-state index in [1.807, 2.05) is 13.0 Å². The van der Waals surface area contributed by atoms with Crippen molar-refractivity contribution in [3.8, 4) is 0 Å². The van der Waals surface area contributed by atoms with E-state index < -0.39 is 0 Å². The van der Waals surface area contributed by atoms with Crippen LogP contribution in [0.3, 0.4) is 0 Å². The maximum Gasteiger partial charge on any atom is 0.337 e. The Morgan fingerprint density at radius 1 is 1.11 bits per heavy atom. The quantitative estimate of drug-likeness (QED) is 0.125. The van der Waals surface area contributed by atoms with Gasteiger partial charge in [0.25, 0.3) is 0 Å². The molecule has 0 amide bonds. The van der Waals surface area contributed by atoms with Gasteiger partial charge in [-0.3, -0.25) is 0 Å². The highest BCUT2D eigenvalue weighted by Crippen LogP contribution is 2.50. The molecule has 4 aliphatic rings. The van der Waals surface area contributed by atoms with E-state index in [4.69, 9.17) is 23.7 Å². The van der Waals surface area contributed by atoms with E-state index in [0.717, 1.165) is 76.6 Å². The maximum absolute atomic E-state index is 12.4. The lowest BCUT2D eigenvalue weighted by Crippen LogP contribution is -2.31. The molecule has 7 unspecified atom stereocenters. The SMILES string of the molecule is CC=C(C(=O)OC)C1=CC2CC(OC3CCCCO3)C(C=CC(CCCCC)OC3CCCCO3)C2C1.